The van der Waals surface area contributed by atoms with E-state index in [1.807, 2.05) is 0 Å². The van der Waals surface area contributed by atoms with Crippen LogP contribution in [0.5, 0.6) is 0 Å². The van der Waals surface area contributed by atoms with Crippen molar-refractivity contribution in [2.24, 2.45) is 0 Å². The first-order valence-corrected chi connectivity index (χ1v) is 16.6. The molecule has 0 amide bonds. The van der Waals surface area contributed by atoms with Gasteiger partial charge in [-0.05, 0) is 100 Å². The molecule has 0 aromatic heterocycles. The van der Waals surface area contributed by atoms with Crippen molar-refractivity contribution in [1.29, 1.82) is 0 Å². The summed E-state index contributed by atoms with van der Waals surface area (Å²) < 4.78 is 0. The lowest BCUT2D eigenvalue weighted by Crippen LogP contribution is -1.93. The highest BCUT2D eigenvalue weighted by Crippen LogP contribution is 2.46. The van der Waals surface area contributed by atoms with Crippen LogP contribution in [0.3, 0.4) is 0 Å². The van der Waals surface area contributed by atoms with Gasteiger partial charge < -0.3 is 0 Å². The van der Waals surface area contributed by atoms with Crippen LogP contribution < -0.4 is 0 Å². The van der Waals surface area contributed by atoms with Crippen molar-refractivity contribution in [1.82, 2.24) is 0 Å². The molecule has 0 unspecified atom stereocenters. The Morgan fingerprint density at radius 1 is 0.208 bits per heavy atom. The Hall–Kier alpha value is -6.24. The van der Waals surface area contributed by atoms with Crippen molar-refractivity contribution < 1.29 is 0 Å². The van der Waals surface area contributed by atoms with Gasteiger partial charge in [0.25, 0.3) is 0 Å². The van der Waals surface area contributed by atoms with Crippen molar-refractivity contribution >= 4 is 32.3 Å². The van der Waals surface area contributed by atoms with Gasteiger partial charge in [-0.1, -0.05) is 182 Å². The Morgan fingerprint density at radius 2 is 0.625 bits per heavy atom. The standard InChI is InChI=1S/C48H32/c1-4-13-33(14-5-1)34-23-25-35(26-24-34)39-27-29-43-45(31-39)47(37-16-6-2-7-17-37)44-30-28-40(32-46(44)48(43)38-18-8-3-9-19-38)42-22-12-20-36-15-10-11-21-41(36)42/h1-32H. The molecule has 0 saturated heterocycles. The van der Waals surface area contributed by atoms with E-state index in [9.17, 15) is 0 Å². The Kier molecular flexibility index (Phi) is 6.91. The highest BCUT2D eigenvalue weighted by molar-refractivity contribution is 6.22. The number of benzene rings is 9. The average molecular weight is 609 g/mol. The summed E-state index contributed by atoms with van der Waals surface area (Å²) in [6, 6.07) is 70.7. The van der Waals surface area contributed by atoms with E-state index >= 15 is 0 Å². The minimum atomic E-state index is 1.21. The molecule has 0 heterocycles. The molecule has 0 radical (unpaired) electrons. The summed E-state index contributed by atoms with van der Waals surface area (Å²) in [6.07, 6.45) is 0. The van der Waals surface area contributed by atoms with Crippen LogP contribution in [0.4, 0.5) is 0 Å². The molecule has 9 aromatic rings. The van der Waals surface area contributed by atoms with Crippen molar-refractivity contribution in [3.05, 3.63) is 194 Å². The molecule has 0 fully saturated rings. The lowest BCUT2D eigenvalue weighted by molar-refractivity contribution is 1.60. The topological polar surface area (TPSA) is 0 Å². The van der Waals surface area contributed by atoms with Crippen molar-refractivity contribution in [2.45, 2.75) is 0 Å². The van der Waals surface area contributed by atoms with Gasteiger partial charge in [-0.3, -0.25) is 0 Å². The molecule has 0 aliphatic rings. The minimum absolute atomic E-state index is 1.21. The van der Waals surface area contributed by atoms with Gasteiger partial charge in [0.15, 0.2) is 0 Å². The fraction of sp³-hybridized carbons (Fsp3) is 0. The van der Waals surface area contributed by atoms with E-state index in [1.54, 1.807) is 0 Å². The highest BCUT2D eigenvalue weighted by Gasteiger charge is 2.19. The van der Waals surface area contributed by atoms with Gasteiger partial charge >= 0.3 is 0 Å². The fourth-order valence-corrected chi connectivity index (χ4v) is 7.37. The van der Waals surface area contributed by atoms with E-state index in [0.29, 0.717) is 0 Å². The van der Waals surface area contributed by atoms with Crippen LogP contribution in [0.2, 0.25) is 0 Å². The molecule has 224 valence electrons. The van der Waals surface area contributed by atoms with E-state index in [-0.39, 0.29) is 0 Å². The van der Waals surface area contributed by atoms with E-state index in [0.717, 1.165) is 0 Å². The first-order chi connectivity index (χ1) is 23.8. The minimum Gasteiger partial charge on any atom is -0.0622 e. The number of fused-ring (bicyclic) bond motifs is 3. The monoisotopic (exact) mass is 608 g/mol. The summed E-state index contributed by atoms with van der Waals surface area (Å²) in [7, 11) is 0. The average Bonchev–Trinajstić information content (AvgIpc) is 3.17. The van der Waals surface area contributed by atoms with Crippen LogP contribution in [0.25, 0.3) is 88.0 Å². The van der Waals surface area contributed by atoms with Gasteiger partial charge in [0.05, 0.1) is 0 Å². The van der Waals surface area contributed by atoms with Gasteiger partial charge in [-0.15, -0.1) is 0 Å². The molecular weight excluding hydrogens is 577 g/mol. The van der Waals surface area contributed by atoms with Gasteiger partial charge in [-0.2, -0.15) is 0 Å². The molecule has 0 aliphatic carbocycles. The van der Waals surface area contributed by atoms with Crippen LogP contribution >= 0.6 is 0 Å². The molecule has 0 heteroatoms. The molecule has 0 N–H and O–H groups in total. The Balaban J connectivity index is 1.33. The summed E-state index contributed by atoms with van der Waals surface area (Å²) >= 11 is 0. The third-order valence-electron chi connectivity index (χ3n) is 9.67. The summed E-state index contributed by atoms with van der Waals surface area (Å²) in [5.74, 6) is 0. The van der Waals surface area contributed by atoms with Gasteiger partial charge in [-0.25, -0.2) is 0 Å². The van der Waals surface area contributed by atoms with E-state index in [4.69, 9.17) is 0 Å². The zero-order valence-corrected chi connectivity index (χ0v) is 26.5. The quantitative estimate of drug-likeness (QED) is 0.171. The van der Waals surface area contributed by atoms with Crippen LogP contribution in [0.1, 0.15) is 0 Å². The summed E-state index contributed by atoms with van der Waals surface area (Å²) in [4.78, 5) is 0. The molecule has 0 aliphatic heterocycles. The molecule has 0 atom stereocenters. The lowest BCUT2D eigenvalue weighted by Gasteiger charge is -2.20. The molecule has 0 saturated carbocycles. The second-order valence-corrected chi connectivity index (χ2v) is 12.5. The molecule has 9 aromatic carbocycles. The van der Waals surface area contributed by atoms with Gasteiger partial charge in [0, 0.05) is 0 Å². The first kappa shape index (κ1) is 28.0. The molecule has 0 bridgehead atoms. The SMILES string of the molecule is c1ccc(-c2ccc(-c3ccc4c(-c5ccccc5)c5cc(-c6cccc7ccccc67)ccc5c(-c5ccccc5)c4c3)cc2)cc1. The van der Waals surface area contributed by atoms with Crippen LogP contribution in [0.15, 0.2) is 194 Å². The first-order valence-electron chi connectivity index (χ1n) is 16.6. The molecule has 9 rings (SSSR count). The maximum atomic E-state index is 2.42. The molecule has 0 nitrogen and oxygen atoms in total. The van der Waals surface area contributed by atoms with Crippen LogP contribution in [0, 0.1) is 0 Å². The highest BCUT2D eigenvalue weighted by atomic mass is 14.2. The van der Waals surface area contributed by atoms with Crippen molar-refractivity contribution in [3.63, 3.8) is 0 Å². The molecule has 48 heavy (non-hydrogen) atoms. The maximum absolute atomic E-state index is 2.42. The Morgan fingerprint density at radius 3 is 1.23 bits per heavy atom. The predicted octanol–water partition coefficient (Wildman–Crippen LogP) is 13.5. The third kappa shape index (κ3) is 4.87. The largest absolute Gasteiger partial charge is 0.0622 e. The van der Waals surface area contributed by atoms with E-state index in [2.05, 4.69) is 194 Å². The van der Waals surface area contributed by atoms with Crippen LogP contribution in [-0.4, -0.2) is 0 Å². The predicted molar refractivity (Wildman–Crippen MR) is 206 cm³/mol. The maximum Gasteiger partial charge on any atom is -0.00261 e. The number of rotatable bonds is 5. The van der Waals surface area contributed by atoms with Crippen molar-refractivity contribution in [3.8, 4) is 55.6 Å². The number of hydrogen-bond donors (Lipinski definition) is 0. The Bertz CT molecular complexity index is 2560. The summed E-state index contributed by atoms with van der Waals surface area (Å²) in [6.45, 7) is 0. The number of hydrogen-bond acceptors (Lipinski definition) is 0. The zero-order valence-electron chi connectivity index (χ0n) is 26.5. The van der Waals surface area contributed by atoms with Crippen LogP contribution in [-0.2, 0) is 0 Å². The fourth-order valence-electron chi connectivity index (χ4n) is 7.37. The zero-order chi connectivity index (χ0) is 31.9. The second kappa shape index (κ2) is 11.8. The smallest absolute Gasteiger partial charge is 0.00261 e. The third-order valence-corrected chi connectivity index (χ3v) is 9.67. The Labute approximate surface area is 281 Å². The molecule has 0 spiro atoms. The van der Waals surface area contributed by atoms with Gasteiger partial charge in [0.2, 0.25) is 0 Å². The van der Waals surface area contributed by atoms with E-state index in [1.165, 1.54) is 88.0 Å². The molecular formula is C48H32. The summed E-state index contributed by atoms with van der Waals surface area (Å²) in [5.41, 5.74) is 12.4. The summed E-state index contributed by atoms with van der Waals surface area (Å²) in [5, 5.41) is 7.56. The van der Waals surface area contributed by atoms with E-state index < -0.39 is 0 Å². The lowest BCUT2D eigenvalue weighted by atomic mass is 9.83. The normalized spacial score (nSPS) is 11.3. The second-order valence-electron chi connectivity index (χ2n) is 12.5. The van der Waals surface area contributed by atoms with Gasteiger partial charge in [0.1, 0.15) is 0 Å². The van der Waals surface area contributed by atoms with Crippen molar-refractivity contribution in [2.75, 3.05) is 0 Å².